The minimum Gasteiger partial charge on any atom is -0.394 e. The summed E-state index contributed by atoms with van der Waals surface area (Å²) < 4.78 is 11.2. The van der Waals surface area contributed by atoms with Gasteiger partial charge in [-0.2, -0.15) is 0 Å². The number of rotatable bonds is 44. The van der Waals surface area contributed by atoms with Gasteiger partial charge in [0.25, 0.3) is 0 Å². The molecule has 1 aliphatic rings. The molecule has 0 bridgehead atoms. The maximum atomic E-state index is 13.0. The average molecular weight is 950 g/mol. The fraction of sp³-hybridized carbons (Fsp3) is 0.678. The van der Waals surface area contributed by atoms with Gasteiger partial charge in [0.15, 0.2) is 6.29 Å². The molecule has 1 rings (SSSR count). The average Bonchev–Trinajstić information content (AvgIpc) is 3.34. The summed E-state index contributed by atoms with van der Waals surface area (Å²) in [6.07, 6.45) is 62.8. The standard InChI is InChI=1S/C59H99NO8/c1-3-5-7-9-11-13-15-17-19-21-22-23-24-25-26-27-28-29-30-31-32-33-35-37-39-41-43-45-47-49-55(63)60-52(51-67-59-58(66)57(65)56(64)54(50-61)68-59)53(62)48-46-44-42-40-38-36-34-20-18-16-14-12-10-8-6-4-2/h5,7,11,13,17,19,22-23,25-26,28-29,31-32,38,40,46,48,52-54,56-59,61-62,64-66H,3-4,6,8-10,12,14-16,18,20-21,24,27,30,33-37,39,41-45,47,49-51H2,1-2H3,(H,60,63)/b7-5-,13-11-,19-17-,23-22-,26-25-,29-28-,32-31-,40-38+,48-46+. The van der Waals surface area contributed by atoms with Crippen molar-refractivity contribution in [3.63, 3.8) is 0 Å². The van der Waals surface area contributed by atoms with Gasteiger partial charge in [0.1, 0.15) is 24.4 Å². The Kier molecular flexibility index (Phi) is 43.9. The molecule has 0 aliphatic carbocycles. The van der Waals surface area contributed by atoms with Crippen LogP contribution in [0.15, 0.2) is 109 Å². The van der Waals surface area contributed by atoms with Crippen LogP contribution in [-0.4, -0.2) is 87.5 Å². The van der Waals surface area contributed by atoms with E-state index in [1.54, 1.807) is 6.08 Å². The SMILES string of the molecule is CC/C=C\C/C=C\C/C=C\C/C=C\C/C=C\C/C=C\C/C=C\CCCCCCCCCC(=O)NC(COC1OC(CO)C(O)C(O)C1O)C(O)/C=C/CC/C=C/CCCCCCCCCCCC. The third-order valence-corrected chi connectivity index (χ3v) is 12.1. The molecular weight excluding hydrogens is 851 g/mol. The number of aliphatic hydroxyl groups is 5. The molecule has 7 atom stereocenters. The molecule has 388 valence electrons. The van der Waals surface area contributed by atoms with E-state index in [0.29, 0.717) is 6.42 Å². The van der Waals surface area contributed by atoms with Gasteiger partial charge in [-0.15, -0.1) is 0 Å². The largest absolute Gasteiger partial charge is 0.394 e. The molecule has 68 heavy (non-hydrogen) atoms. The van der Waals surface area contributed by atoms with Gasteiger partial charge in [0.2, 0.25) is 5.91 Å². The highest BCUT2D eigenvalue weighted by Gasteiger charge is 2.44. The first-order valence-electron chi connectivity index (χ1n) is 27.1. The fourth-order valence-corrected chi connectivity index (χ4v) is 7.80. The van der Waals surface area contributed by atoms with E-state index in [2.05, 4.69) is 116 Å². The van der Waals surface area contributed by atoms with Crippen LogP contribution < -0.4 is 5.32 Å². The number of carbonyl (C=O) groups is 1. The molecule has 9 nitrogen and oxygen atoms in total. The molecule has 0 aromatic heterocycles. The zero-order valence-electron chi connectivity index (χ0n) is 42.8. The van der Waals surface area contributed by atoms with Crippen molar-refractivity contribution in [3.8, 4) is 0 Å². The lowest BCUT2D eigenvalue weighted by Gasteiger charge is -2.40. The minimum atomic E-state index is -1.58. The maximum absolute atomic E-state index is 13.0. The van der Waals surface area contributed by atoms with Crippen LogP contribution >= 0.6 is 0 Å². The Bertz CT molecular complexity index is 1430. The molecule has 1 amide bonds. The van der Waals surface area contributed by atoms with Gasteiger partial charge in [-0.3, -0.25) is 4.79 Å². The predicted molar refractivity (Wildman–Crippen MR) is 285 cm³/mol. The zero-order chi connectivity index (χ0) is 49.4. The topological polar surface area (TPSA) is 149 Å². The van der Waals surface area contributed by atoms with Crippen LogP contribution in [0, 0.1) is 0 Å². The Morgan fingerprint density at radius 3 is 1.41 bits per heavy atom. The molecular formula is C59H99NO8. The first-order chi connectivity index (χ1) is 33.3. The summed E-state index contributed by atoms with van der Waals surface area (Å²) in [5.41, 5.74) is 0. The molecule has 0 aromatic rings. The van der Waals surface area contributed by atoms with Crippen LogP contribution in [0.2, 0.25) is 0 Å². The molecule has 1 fully saturated rings. The van der Waals surface area contributed by atoms with E-state index in [1.807, 2.05) is 6.08 Å². The first kappa shape index (κ1) is 62.9. The van der Waals surface area contributed by atoms with Gasteiger partial charge < -0.3 is 40.3 Å². The van der Waals surface area contributed by atoms with Crippen molar-refractivity contribution in [1.82, 2.24) is 5.32 Å². The number of ether oxygens (including phenoxy) is 2. The number of hydrogen-bond donors (Lipinski definition) is 6. The summed E-state index contributed by atoms with van der Waals surface area (Å²) in [6.45, 7) is 3.63. The van der Waals surface area contributed by atoms with Gasteiger partial charge in [0.05, 0.1) is 25.4 Å². The number of carbonyl (C=O) groups excluding carboxylic acids is 1. The Morgan fingerprint density at radius 1 is 0.515 bits per heavy atom. The quantitative estimate of drug-likeness (QED) is 0.0261. The van der Waals surface area contributed by atoms with Crippen LogP contribution in [-0.2, 0) is 14.3 Å². The lowest BCUT2D eigenvalue weighted by molar-refractivity contribution is -0.302. The van der Waals surface area contributed by atoms with Crippen LogP contribution in [0.4, 0.5) is 0 Å². The van der Waals surface area contributed by atoms with Crippen LogP contribution in [0.25, 0.3) is 0 Å². The predicted octanol–water partition coefficient (Wildman–Crippen LogP) is 13.0. The second kappa shape index (κ2) is 47.5. The monoisotopic (exact) mass is 950 g/mol. The van der Waals surface area contributed by atoms with Crippen molar-refractivity contribution in [2.45, 2.75) is 243 Å². The van der Waals surface area contributed by atoms with Crippen LogP contribution in [0.3, 0.4) is 0 Å². The van der Waals surface area contributed by atoms with Crippen molar-refractivity contribution in [2.75, 3.05) is 13.2 Å². The molecule has 1 heterocycles. The number of hydrogen-bond acceptors (Lipinski definition) is 8. The summed E-state index contributed by atoms with van der Waals surface area (Å²) in [5.74, 6) is -0.203. The van der Waals surface area contributed by atoms with E-state index in [9.17, 15) is 30.3 Å². The van der Waals surface area contributed by atoms with Crippen LogP contribution in [0.5, 0.6) is 0 Å². The summed E-state index contributed by atoms with van der Waals surface area (Å²) in [5, 5.41) is 54.4. The summed E-state index contributed by atoms with van der Waals surface area (Å²) in [7, 11) is 0. The van der Waals surface area contributed by atoms with Crippen molar-refractivity contribution in [3.05, 3.63) is 109 Å². The fourth-order valence-electron chi connectivity index (χ4n) is 7.80. The molecule has 9 heteroatoms. The van der Waals surface area contributed by atoms with E-state index < -0.39 is 49.5 Å². The molecule has 0 radical (unpaired) electrons. The molecule has 1 aliphatic heterocycles. The molecule has 0 aromatic carbocycles. The number of amides is 1. The normalized spacial score (nSPS) is 20.5. The summed E-state index contributed by atoms with van der Waals surface area (Å²) in [4.78, 5) is 13.0. The molecule has 1 saturated heterocycles. The molecule has 0 spiro atoms. The minimum absolute atomic E-state index is 0.203. The molecule has 6 N–H and O–H groups in total. The number of aliphatic hydroxyl groups excluding tert-OH is 5. The van der Waals surface area contributed by atoms with E-state index in [1.165, 1.54) is 83.5 Å². The molecule has 0 saturated carbocycles. The van der Waals surface area contributed by atoms with Crippen molar-refractivity contribution in [1.29, 1.82) is 0 Å². The van der Waals surface area contributed by atoms with Gasteiger partial charge in [0, 0.05) is 6.42 Å². The Morgan fingerprint density at radius 2 is 0.926 bits per heavy atom. The number of unbranched alkanes of at least 4 members (excludes halogenated alkanes) is 18. The summed E-state index contributed by atoms with van der Waals surface area (Å²) in [6, 6.07) is -0.835. The van der Waals surface area contributed by atoms with Gasteiger partial charge in [-0.25, -0.2) is 0 Å². The highest BCUT2D eigenvalue weighted by molar-refractivity contribution is 5.76. The second-order valence-corrected chi connectivity index (χ2v) is 18.3. The van der Waals surface area contributed by atoms with E-state index in [4.69, 9.17) is 9.47 Å². The van der Waals surface area contributed by atoms with Crippen molar-refractivity contribution >= 4 is 5.91 Å². The second-order valence-electron chi connectivity index (χ2n) is 18.3. The Hall–Kier alpha value is -3.15. The van der Waals surface area contributed by atoms with Gasteiger partial charge >= 0.3 is 0 Å². The van der Waals surface area contributed by atoms with Crippen molar-refractivity contribution in [2.24, 2.45) is 0 Å². The Labute approximate surface area is 415 Å². The van der Waals surface area contributed by atoms with Crippen molar-refractivity contribution < 1.29 is 39.8 Å². The van der Waals surface area contributed by atoms with E-state index in [0.717, 1.165) is 96.3 Å². The third kappa shape index (κ3) is 36.8. The zero-order valence-corrected chi connectivity index (χ0v) is 42.8. The number of allylic oxidation sites excluding steroid dienone is 17. The van der Waals surface area contributed by atoms with Gasteiger partial charge in [-0.1, -0.05) is 213 Å². The highest BCUT2D eigenvalue weighted by atomic mass is 16.7. The lowest BCUT2D eigenvalue weighted by atomic mass is 9.99. The number of nitrogens with one attached hydrogen (secondary N) is 1. The highest BCUT2D eigenvalue weighted by Crippen LogP contribution is 2.22. The molecule has 7 unspecified atom stereocenters. The maximum Gasteiger partial charge on any atom is 0.220 e. The van der Waals surface area contributed by atoms with E-state index >= 15 is 0 Å². The lowest BCUT2D eigenvalue weighted by Crippen LogP contribution is -2.60. The first-order valence-corrected chi connectivity index (χ1v) is 27.1. The van der Waals surface area contributed by atoms with Gasteiger partial charge in [-0.05, 0) is 89.9 Å². The summed E-state index contributed by atoms with van der Waals surface area (Å²) >= 11 is 0. The Balaban J connectivity index is 2.28. The van der Waals surface area contributed by atoms with Crippen LogP contribution in [0.1, 0.15) is 200 Å². The smallest absolute Gasteiger partial charge is 0.220 e. The third-order valence-electron chi connectivity index (χ3n) is 12.1. The van der Waals surface area contributed by atoms with E-state index in [-0.39, 0.29) is 12.5 Å².